The Kier molecular flexibility index (Phi) is 7.17. The Morgan fingerprint density at radius 3 is 1.78 bits per heavy atom. The molecule has 37 heavy (non-hydrogen) atoms. The van der Waals surface area contributed by atoms with Crippen LogP contribution in [-0.2, 0) is 0 Å². The van der Waals surface area contributed by atoms with Crippen molar-refractivity contribution in [2.45, 2.75) is 44.2 Å². The van der Waals surface area contributed by atoms with E-state index in [0.29, 0.717) is 12.8 Å². The summed E-state index contributed by atoms with van der Waals surface area (Å²) in [5, 5.41) is 23.3. The molecule has 2 saturated heterocycles. The molecule has 11 heteroatoms. The Balaban J connectivity index is 1.56. The molecule has 0 N–H and O–H groups in total. The maximum Gasteiger partial charge on any atom is 0.288 e. The molecule has 2 aliphatic heterocycles. The van der Waals surface area contributed by atoms with Crippen molar-refractivity contribution in [3.05, 3.63) is 96.1 Å². The molecule has 2 unspecified atom stereocenters. The van der Waals surface area contributed by atoms with Crippen LogP contribution in [-0.4, -0.2) is 27.9 Å². The lowest BCUT2D eigenvalue weighted by Gasteiger charge is -2.34. The Hall–Kier alpha value is -3.43. The number of nitro groups is 2. The zero-order chi connectivity index (χ0) is 26.1. The van der Waals surface area contributed by atoms with E-state index < -0.39 is 9.85 Å². The molecule has 2 aliphatic rings. The second kappa shape index (κ2) is 10.5. The van der Waals surface area contributed by atoms with Gasteiger partial charge in [0, 0.05) is 25.2 Å². The van der Waals surface area contributed by atoms with Gasteiger partial charge in [-0.2, -0.15) is 0 Å². The number of hydrogen-bond acceptors (Lipinski definition) is 7. The highest BCUT2D eigenvalue weighted by Crippen LogP contribution is 2.48. The minimum Gasteiger partial charge on any atom is -0.357 e. The molecule has 3 heterocycles. The molecule has 1 aromatic heterocycles. The fourth-order valence-corrected chi connectivity index (χ4v) is 5.79. The van der Waals surface area contributed by atoms with E-state index in [1.54, 1.807) is 24.3 Å². The smallest absolute Gasteiger partial charge is 0.288 e. The number of halogens is 2. The van der Waals surface area contributed by atoms with Crippen molar-refractivity contribution in [3.63, 3.8) is 0 Å². The van der Waals surface area contributed by atoms with Crippen LogP contribution >= 0.6 is 23.2 Å². The molecular weight excluding hydrogens is 517 g/mol. The molecular formula is C26H25Cl2N5O4. The summed E-state index contributed by atoms with van der Waals surface area (Å²) >= 11 is 12.2. The normalized spacial score (nSPS) is 19.7. The van der Waals surface area contributed by atoms with Crippen molar-refractivity contribution in [2.75, 3.05) is 22.9 Å². The topological polar surface area (TPSA) is 106 Å². The number of benzene rings is 2. The van der Waals surface area contributed by atoms with Crippen LogP contribution in [0.1, 0.15) is 55.3 Å². The van der Waals surface area contributed by atoms with Crippen LogP contribution in [0.4, 0.5) is 22.9 Å². The fourth-order valence-electron chi connectivity index (χ4n) is 5.42. The Labute approximate surface area is 223 Å². The number of hydrogen-bond donors (Lipinski definition) is 0. The molecule has 0 saturated carbocycles. The summed E-state index contributed by atoms with van der Waals surface area (Å²) < 4.78 is 0. The average molecular weight is 542 g/mol. The van der Waals surface area contributed by atoms with Gasteiger partial charge in [-0.25, -0.2) is 4.98 Å². The van der Waals surface area contributed by atoms with Crippen LogP contribution in [0.5, 0.6) is 0 Å². The molecule has 5 rings (SSSR count). The SMILES string of the molecule is O=[N+]([O-])c1cc(C2CCC(c3ccc(Cl)c([N+](=O)[O-])c3)N2c2ccc(N3CCCCC3)nc2)ccc1Cl. The Morgan fingerprint density at radius 2 is 1.32 bits per heavy atom. The zero-order valence-corrected chi connectivity index (χ0v) is 21.4. The van der Waals surface area contributed by atoms with Gasteiger partial charge in [-0.05, 0) is 67.5 Å². The summed E-state index contributed by atoms with van der Waals surface area (Å²) in [6, 6.07) is 13.3. The summed E-state index contributed by atoms with van der Waals surface area (Å²) in [4.78, 5) is 31.3. The maximum atomic E-state index is 11.6. The van der Waals surface area contributed by atoms with E-state index in [1.165, 1.54) is 18.6 Å². The van der Waals surface area contributed by atoms with E-state index >= 15 is 0 Å². The molecule has 9 nitrogen and oxygen atoms in total. The largest absolute Gasteiger partial charge is 0.357 e. The van der Waals surface area contributed by atoms with E-state index in [9.17, 15) is 20.2 Å². The fraction of sp³-hybridized carbons (Fsp3) is 0.346. The van der Waals surface area contributed by atoms with Gasteiger partial charge in [0.25, 0.3) is 11.4 Å². The molecule has 2 fully saturated rings. The van der Waals surface area contributed by atoms with Gasteiger partial charge >= 0.3 is 0 Å². The summed E-state index contributed by atoms with van der Waals surface area (Å²) in [7, 11) is 0. The standard InChI is InChI=1S/C26H25Cl2N5O4/c27-20-7-4-17(14-24(20)32(34)35)22-9-10-23(18-5-8-21(28)25(15-18)33(36)37)31(22)19-6-11-26(29-16-19)30-12-2-1-3-13-30/h4-8,11,14-16,22-23H,1-3,9-10,12-13H2. The van der Waals surface area contributed by atoms with Crippen LogP contribution in [0, 0.1) is 20.2 Å². The van der Waals surface area contributed by atoms with Gasteiger partial charge < -0.3 is 9.80 Å². The van der Waals surface area contributed by atoms with Gasteiger partial charge in [-0.1, -0.05) is 35.3 Å². The van der Waals surface area contributed by atoms with Gasteiger partial charge in [0.15, 0.2) is 0 Å². The molecule has 0 spiro atoms. The lowest BCUT2D eigenvalue weighted by Crippen LogP contribution is -2.30. The highest BCUT2D eigenvalue weighted by atomic mass is 35.5. The van der Waals surface area contributed by atoms with Gasteiger partial charge in [0.1, 0.15) is 15.9 Å². The first kappa shape index (κ1) is 25.2. The highest BCUT2D eigenvalue weighted by molar-refractivity contribution is 6.33. The second-order valence-corrected chi connectivity index (χ2v) is 10.2. The Bertz CT molecular complexity index is 1260. The average Bonchev–Trinajstić information content (AvgIpc) is 3.34. The van der Waals surface area contributed by atoms with E-state index in [1.807, 2.05) is 18.3 Å². The van der Waals surface area contributed by atoms with Crippen molar-refractivity contribution in [1.82, 2.24) is 4.98 Å². The van der Waals surface area contributed by atoms with Crippen LogP contribution in [0.25, 0.3) is 0 Å². The van der Waals surface area contributed by atoms with Crippen LogP contribution < -0.4 is 9.80 Å². The van der Waals surface area contributed by atoms with Gasteiger partial charge in [-0.3, -0.25) is 20.2 Å². The first-order chi connectivity index (χ1) is 17.8. The predicted octanol–water partition coefficient (Wildman–Crippen LogP) is 7.28. The van der Waals surface area contributed by atoms with Crippen molar-refractivity contribution < 1.29 is 9.85 Å². The summed E-state index contributed by atoms with van der Waals surface area (Å²) in [5.41, 5.74) is 2.04. The third-order valence-corrected chi connectivity index (χ3v) is 7.84. The van der Waals surface area contributed by atoms with Gasteiger partial charge in [0.05, 0.1) is 33.8 Å². The van der Waals surface area contributed by atoms with E-state index in [0.717, 1.165) is 48.6 Å². The number of nitro benzene ring substituents is 2. The van der Waals surface area contributed by atoms with Crippen molar-refractivity contribution in [3.8, 4) is 0 Å². The van der Waals surface area contributed by atoms with E-state index in [-0.39, 0.29) is 33.5 Å². The van der Waals surface area contributed by atoms with Gasteiger partial charge in [0.2, 0.25) is 0 Å². The monoisotopic (exact) mass is 541 g/mol. The lowest BCUT2D eigenvalue weighted by atomic mass is 10.0. The molecule has 0 amide bonds. The summed E-state index contributed by atoms with van der Waals surface area (Å²) in [6.45, 7) is 1.95. The molecule has 0 bridgehead atoms. The van der Waals surface area contributed by atoms with Crippen LogP contribution in [0.2, 0.25) is 10.0 Å². The molecule has 3 aromatic rings. The molecule has 0 radical (unpaired) electrons. The summed E-state index contributed by atoms with van der Waals surface area (Å²) in [6.07, 6.45) is 6.71. The number of nitrogens with zero attached hydrogens (tertiary/aromatic N) is 5. The number of anilines is 2. The highest BCUT2D eigenvalue weighted by Gasteiger charge is 2.37. The number of pyridine rings is 1. The number of piperidine rings is 1. The third-order valence-electron chi connectivity index (χ3n) is 7.20. The molecule has 0 aliphatic carbocycles. The minimum atomic E-state index is -0.486. The first-order valence-electron chi connectivity index (χ1n) is 12.2. The minimum absolute atomic E-state index is 0.0794. The lowest BCUT2D eigenvalue weighted by molar-refractivity contribution is -0.384. The van der Waals surface area contributed by atoms with Gasteiger partial charge in [-0.15, -0.1) is 0 Å². The van der Waals surface area contributed by atoms with E-state index in [4.69, 9.17) is 28.2 Å². The summed E-state index contributed by atoms with van der Waals surface area (Å²) in [5.74, 6) is 0.917. The molecule has 2 aromatic carbocycles. The van der Waals surface area contributed by atoms with Crippen LogP contribution in [0.15, 0.2) is 54.7 Å². The molecule has 192 valence electrons. The Morgan fingerprint density at radius 1 is 0.784 bits per heavy atom. The zero-order valence-electron chi connectivity index (χ0n) is 19.9. The first-order valence-corrected chi connectivity index (χ1v) is 13.0. The maximum absolute atomic E-state index is 11.6. The van der Waals surface area contributed by atoms with Crippen molar-refractivity contribution in [1.29, 1.82) is 0 Å². The number of rotatable bonds is 6. The van der Waals surface area contributed by atoms with E-state index in [2.05, 4.69) is 9.80 Å². The molecule has 2 atom stereocenters. The third kappa shape index (κ3) is 5.06. The predicted molar refractivity (Wildman–Crippen MR) is 144 cm³/mol. The second-order valence-electron chi connectivity index (χ2n) is 9.37. The van der Waals surface area contributed by atoms with Crippen molar-refractivity contribution in [2.24, 2.45) is 0 Å². The van der Waals surface area contributed by atoms with Crippen LogP contribution in [0.3, 0.4) is 0 Å². The quantitative estimate of drug-likeness (QED) is 0.238. The number of aromatic nitrogens is 1. The van der Waals surface area contributed by atoms with Crippen molar-refractivity contribution >= 4 is 46.1 Å².